The first-order valence-electron chi connectivity index (χ1n) is 6.51. The smallest absolute Gasteiger partial charge is 0.236 e. The lowest BCUT2D eigenvalue weighted by Crippen LogP contribution is -2.44. The molecule has 2 unspecified atom stereocenters. The maximum absolute atomic E-state index is 11.8. The summed E-state index contributed by atoms with van der Waals surface area (Å²) >= 11 is 0. The first-order valence-corrected chi connectivity index (χ1v) is 6.51. The van der Waals surface area contributed by atoms with Crippen LogP contribution < -0.4 is 10.6 Å². The van der Waals surface area contributed by atoms with Gasteiger partial charge in [0.25, 0.3) is 0 Å². The minimum Gasteiger partial charge on any atom is -0.507 e. The maximum Gasteiger partial charge on any atom is 0.236 e. The normalized spacial score (nSPS) is 13.8. The van der Waals surface area contributed by atoms with Crippen molar-refractivity contribution in [2.75, 3.05) is 20.3 Å². The average Bonchev–Trinajstić information content (AvgIpc) is 2.38. The molecule has 1 aromatic carbocycles. The molecule has 0 aliphatic rings. The monoisotopic (exact) mass is 282 g/mol. The molecule has 0 heterocycles. The summed E-state index contributed by atoms with van der Waals surface area (Å²) < 4.78 is 4.85. The van der Waals surface area contributed by atoms with Gasteiger partial charge in [-0.25, -0.2) is 0 Å². The third kappa shape index (κ3) is 4.40. The van der Waals surface area contributed by atoms with Crippen LogP contribution in [0.4, 0.5) is 0 Å². The molecule has 6 heteroatoms. The van der Waals surface area contributed by atoms with Crippen LogP contribution in [0.1, 0.15) is 25.5 Å². The van der Waals surface area contributed by atoms with Crippen molar-refractivity contribution in [3.05, 3.63) is 23.8 Å². The van der Waals surface area contributed by atoms with E-state index in [9.17, 15) is 15.0 Å². The number of phenols is 2. The fourth-order valence-electron chi connectivity index (χ4n) is 1.95. The van der Waals surface area contributed by atoms with Crippen molar-refractivity contribution >= 4 is 5.91 Å². The molecule has 0 radical (unpaired) electrons. The van der Waals surface area contributed by atoms with Crippen LogP contribution in [0.3, 0.4) is 0 Å². The summed E-state index contributed by atoms with van der Waals surface area (Å²) in [6, 6.07) is 3.73. The molecule has 4 N–H and O–H groups in total. The molecular weight excluding hydrogens is 260 g/mol. The van der Waals surface area contributed by atoms with Gasteiger partial charge in [-0.2, -0.15) is 0 Å². The van der Waals surface area contributed by atoms with Gasteiger partial charge in [0.1, 0.15) is 11.5 Å². The van der Waals surface area contributed by atoms with Crippen LogP contribution in [0.25, 0.3) is 0 Å². The molecule has 112 valence electrons. The van der Waals surface area contributed by atoms with E-state index in [0.717, 1.165) is 0 Å². The predicted octanol–water partition coefficient (Wildman–Crippen LogP) is 0.899. The largest absolute Gasteiger partial charge is 0.507 e. The highest BCUT2D eigenvalue weighted by molar-refractivity contribution is 5.81. The third-order valence-electron chi connectivity index (χ3n) is 2.99. The number of hydrogen-bond donors (Lipinski definition) is 4. The Kier molecular flexibility index (Phi) is 6.27. The third-order valence-corrected chi connectivity index (χ3v) is 2.99. The zero-order chi connectivity index (χ0) is 15.1. The SMILES string of the molecule is COCCNC(=O)C(C)NC(C)c1c(O)cccc1O. The second-order valence-electron chi connectivity index (χ2n) is 4.60. The molecule has 6 nitrogen and oxygen atoms in total. The second kappa shape index (κ2) is 7.72. The Morgan fingerprint density at radius 3 is 2.45 bits per heavy atom. The summed E-state index contributed by atoms with van der Waals surface area (Å²) in [7, 11) is 1.57. The van der Waals surface area contributed by atoms with Gasteiger partial charge in [-0.3, -0.25) is 10.1 Å². The van der Waals surface area contributed by atoms with Crippen molar-refractivity contribution in [1.82, 2.24) is 10.6 Å². The number of carbonyl (C=O) groups is 1. The molecule has 0 aliphatic heterocycles. The number of phenolic OH excluding ortho intramolecular Hbond substituents is 2. The molecule has 1 rings (SSSR count). The lowest BCUT2D eigenvalue weighted by molar-refractivity contribution is -0.123. The Bertz CT molecular complexity index is 431. The molecule has 1 amide bonds. The van der Waals surface area contributed by atoms with E-state index in [1.807, 2.05) is 0 Å². The molecule has 2 atom stereocenters. The van der Waals surface area contributed by atoms with Crippen LogP contribution in [0, 0.1) is 0 Å². The number of rotatable bonds is 7. The van der Waals surface area contributed by atoms with E-state index in [1.54, 1.807) is 27.0 Å². The molecular formula is C14H22N2O4. The number of hydrogen-bond acceptors (Lipinski definition) is 5. The molecule has 0 aliphatic carbocycles. The van der Waals surface area contributed by atoms with Crippen molar-refractivity contribution in [1.29, 1.82) is 0 Å². The van der Waals surface area contributed by atoms with Crippen LogP contribution >= 0.6 is 0 Å². The van der Waals surface area contributed by atoms with Crippen molar-refractivity contribution < 1.29 is 19.7 Å². The van der Waals surface area contributed by atoms with E-state index in [-0.39, 0.29) is 23.4 Å². The first-order chi connectivity index (χ1) is 9.47. The van der Waals surface area contributed by atoms with Crippen LogP contribution in [0.2, 0.25) is 0 Å². The summed E-state index contributed by atoms with van der Waals surface area (Å²) in [6.45, 7) is 4.38. The van der Waals surface area contributed by atoms with Gasteiger partial charge < -0.3 is 20.3 Å². The zero-order valence-corrected chi connectivity index (χ0v) is 12.0. The standard InChI is InChI=1S/C14H22N2O4/c1-9(13-11(17)5-4-6-12(13)18)16-10(2)14(19)15-7-8-20-3/h4-6,9-10,16-18H,7-8H2,1-3H3,(H,15,19). The number of aromatic hydroxyl groups is 2. The lowest BCUT2D eigenvalue weighted by Gasteiger charge is -2.21. The lowest BCUT2D eigenvalue weighted by atomic mass is 10.0. The molecule has 0 bridgehead atoms. The minimum absolute atomic E-state index is 0.00279. The number of methoxy groups -OCH3 is 1. The van der Waals surface area contributed by atoms with Crippen LogP contribution in [-0.2, 0) is 9.53 Å². The van der Waals surface area contributed by atoms with Crippen LogP contribution in [0.5, 0.6) is 11.5 Å². The topological polar surface area (TPSA) is 90.8 Å². The fraction of sp³-hybridized carbons (Fsp3) is 0.500. The molecule has 0 fully saturated rings. The summed E-state index contributed by atoms with van der Waals surface area (Å²) in [6.07, 6.45) is 0. The van der Waals surface area contributed by atoms with E-state index in [1.165, 1.54) is 12.1 Å². The summed E-state index contributed by atoms with van der Waals surface area (Å²) in [5.41, 5.74) is 0.379. The molecule has 0 saturated carbocycles. The summed E-state index contributed by atoms with van der Waals surface area (Å²) in [5.74, 6) is -0.169. The van der Waals surface area contributed by atoms with Gasteiger partial charge >= 0.3 is 0 Å². The summed E-state index contributed by atoms with van der Waals surface area (Å²) in [4.78, 5) is 11.8. The Morgan fingerprint density at radius 2 is 1.90 bits per heavy atom. The first kappa shape index (κ1) is 16.3. The fourth-order valence-corrected chi connectivity index (χ4v) is 1.95. The van der Waals surface area contributed by atoms with Gasteiger partial charge in [-0.1, -0.05) is 6.07 Å². The van der Waals surface area contributed by atoms with Gasteiger partial charge in [0.2, 0.25) is 5.91 Å². The van der Waals surface area contributed by atoms with E-state index >= 15 is 0 Å². The number of benzene rings is 1. The maximum atomic E-state index is 11.8. The Morgan fingerprint density at radius 1 is 1.30 bits per heavy atom. The minimum atomic E-state index is -0.458. The average molecular weight is 282 g/mol. The van der Waals surface area contributed by atoms with Crippen LogP contribution in [-0.4, -0.2) is 42.4 Å². The van der Waals surface area contributed by atoms with Gasteiger partial charge in [0.05, 0.1) is 18.2 Å². The van der Waals surface area contributed by atoms with E-state index < -0.39 is 6.04 Å². The van der Waals surface area contributed by atoms with Crippen LogP contribution in [0.15, 0.2) is 18.2 Å². The van der Waals surface area contributed by atoms with E-state index in [0.29, 0.717) is 18.7 Å². The number of amides is 1. The Hall–Kier alpha value is -1.79. The molecule has 20 heavy (non-hydrogen) atoms. The van der Waals surface area contributed by atoms with Crippen molar-refractivity contribution in [3.63, 3.8) is 0 Å². The number of ether oxygens (including phenoxy) is 1. The number of nitrogens with one attached hydrogen (secondary N) is 2. The van der Waals surface area contributed by atoms with Gasteiger partial charge in [-0.15, -0.1) is 0 Å². The van der Waals surface area contributed by atoms with E-state index in [4.69, 9.17) is 4.74 Å². The zero-order valence-electron chi connectivity index (χ0n) is 12.0. The number of carbonyl (C=O) groups excluding carboxylic acids is 1. The Balaban J connectivity index is 2.61. The summed E-state index contributed by atoms with van der Waals surface area (Å²) in [5, 5.41) is 25.3. The predicted molar refractivity (Wildman–Crippen MR) is 75.7 cm³/mol. The molecule has 0 saturated heterocycles. The molecule has 1 aromatic rings. The van der Waals surface area contributed by atoms with Crippen molar-refractivity contribution in [2.24, 2.45) is 0 Å². The highest BCUT2D eigenvalue weighted by Gasteiger charge is 2.20. The van der Waals surface area contributed by atoms with Gasteiger partial charge in [0, 0.05) is 19.7 Å². The molecule has 0 spiro atoms. The highest BCUT2D eigenvalue weighted by atomic mass is 16.5. The Labute approximate surface area is 118 Å². The van der Waals surface area contributed by atoms with E-state index in [2.05, 4.69) is 10.6 Å². The highest BCUT2D eigenvalue weighted by Crippen LogP contribution is 2.32. The van der Waals surface area contributed by atoms with Gasteiger partial charge in [-0.05, 0) is 26.0 Å². The molecule has 0 aromatic heterocycles. The second-order valence-corrected chi connectivity index (χ2v) is 4.60. The van der Waals surface area contributed by atoms with Crippen molar-refractivity contribution in [2.45, 2.75) is 25.9 Å². The quantitative estimate of drug-likeness (QED) is 0.558. The van der Waals surface area contributed by atoms with Crippen molar-refractivity contribution in [3.8, 4) is 11.5 Å². The van der Waals surface area contributed by atoms with Gasteiger partial charge in [0.15, 0.2) is 0 Å².